The van der Waals surface area contributed by atoms with E-state index in [2.05, 4.69) is 9.97 Å². The van der Waals surface area contributed by atoms with Crippen molar-refractivity contribution in [1.82, 2.24) is 9.97 Å². The quantitative estimate of drug-likeness (QED) is 0.735. The molecular formula is C15H12N2O2. The zero-order valence-corrected chi connectivity index (χ0v) is 10.3. The second-order valence-corrected chi connectivity index (χ2v) is 4.41. The first-order valence-corrected chi connectivity index (χ1v) is 5.95. The Kier molecular flexibility index (Phi) is 2.56. The first-order valence-electron chi connectivity index (χ1n) is 5.95. The predicted octanol–water partition coefficient (Wildman–Crippen LogP) is 3.24. The van der Waals surface area contributed by atoms with Crippen LogP contribution >= 0.6 is 0 Å². The number of H-pyrrole nitrogens is 1. The van der Waals surface area contributed by atoms with Crippen LogP contribution in [0.5, 0.6) is 0 Å². The molecule has 94 valence electrons. The summed E-state index contributed by atoms with van der Waals surface area (Å²) in [6.45, 7) is 2.00. The lowest BCUT2D eigenvalue weighted by Gasteiger charge is -2.00. The lowest BCUT2D eigenvalue weighted by molar-refractivity contribution is 0.0699. The van der Waals surface area contributed by atoms with Gasteiger partial charge in [-0.2, -0.15) is 0 Å². The van der Waals surface area contributed by atoms with Gasteiger partial charge in [0.1, 0.15) is 11.3 Å². The van der Waals surface area contributed by atoms with Crippen molar-refractivity contribution in [3.8, 4) is 11.4 Å². The van der Waals surface area contributed by atoms with Crippen molar-refractivity contribution in [2.75, 3.05) is 0 Å². The molecule has 2 N–H and O–H groups in total. The van der Waals surface area contributed by atoms with Gasteiger partial charge >= 0.3 is 5.97 Å². The highest BCUT2D eigenvalue weighted by Crippen LogP contribution is 2.25. The van der Waals surface area contributed by atoms with Crippen LogP contribution in [0.2, 0.25) is 0 Å². The van der Waals surface area contributed by atoms with Gasteiger partial charge in [0.05, 0.1) is 11.1 Å². The van der Waals surface area contributed by atoms with Gasteiger partial charge in [0.15, 0.2) is 0 Å². The van der Waals surface area contributed by atoms with Crippen molar-refractivity contribution < 1.29 is 9.90 Å². The standard InChI is InChI=1S/C15H12N2O2/c1-9-5-2-3-6-10(9)14-16-12-8-4-7-11(15(18)19)13(12)17-14/h2-8H,1H3,(H,16,17)(H,18,19). The van der Waals surface area contributed by atoms with E-state index in [4.69, 9.17) is 5.11 Å². The lowest BCUT2D eigenvalue weighted by atomic mass is 10.1. The number of carboxylic acids is 1. The monoisotopic (exact) mass is 252 g/mol. The Morgan fingerprint density at radius 1 is 1.16 bits per heavy atom. The summed E-state index contributed by atoms with van der Waals surface area (Å²) in [6, 6.07) is 13.0. The molecule has 4 heteroatoms. The summed E-state index contributed by atoms with van der Waals surface area (Å²) in [4.78, 5) is 18.8. The maximum atomic E-state index is 11.2. The van der Waals surface area contributed by atoms with E-state index in [1.807, 2.05) is 37.3 Å². The largest absolute Gasteiger partial charge is 0.478 e. The van der Waals surface area contributed by atoms with Gasteiger partial charge in [-0.25, -0.2) is 9.78 Å². The fraction of sp³-hybridized carbons (Fsp3) is 0.0667. The van der Waals surface area contributed by atoms with E-state index in [1.165, 1.54) is 0 Å². The van der Waals surface area contributed by atoms with Crippen LogP contribution in [-0.2, 0) is 0 Å². The van der Waals surface area contributed by atoms with Crippen LogP contribution in [0.25, 0.3) is 22.4 Å². The van der Waals surface area contributed by atoms with Crippen molar-refractivity contribution in [3.05, 3.63) is 53.6 Å². The van der Waals surface area contributed by atoms with E-state index in [-0.39, 0.29) is 5.56 Å². The number of para-hydroxylation sites is 1. The summed E-state index contributed by atoms with van der Waals surface area (Å²) in [5, 5.41) is 9.16. The fourth-order valence-electron chi connectivity index (χ4n) is 2.17. The number of hydrogen-bond donors (Lipinski definition) is 2. The molecule has 0 atom stereocenters. The normalized spacial score (nSPS) is 10.8. The molecule has 0 radical (unpaired) electrons. The van der Waals surface area contributed by atoms with Gasteiger partial charge in [-0.1, -0.05) is 30.3 Å². The molecule has 0 fully saturated rings. The number of benzene rings is 2. The SMILES string of the molecule is Cc1ccccc1-c1nc2c(C(=O)O)cccc2[nH]1. The number of aryl methyl sites for hydroxylation is 1. The molecule has 0 aliphatic rings. The Hall–Kier alpha value is -2.62. The fourth-order valence-corrected chi connectivity index (χ4v) is 2.17. The van der Waals surface area contributed by atoms with E-state index in [9.17, 15) is 4.79 Å². The molecule has 0 saturated heterocycles. The Morgan fingerprint density at radius 2 is 1.95 bits per heavy atom. The zero-order chi connectivity index (χ0) is 13.4. The van der Waals surface area contributed by atoms with E-state index in [0.717, 1.165) is 16.6 Å². The van der Waals surface area contributed by atoms with Crippen molar-refractivity contribution >= 4 is 17.0 Å². The molecular weight excluding hydrogens is 240 g/mol. The average molecular weight is 252 g/mol. The molecule has 1 aromatic heterocycles. The Balaban J connectivity index is 2.26. The summed E-state index contributed by atoms with van der Waals surface area (Å²) >= 11 is 0. The van der Waals surface area contributed by atoms with E-state index in [1.54, 1.807) is 12.1 Å². The number of aromatic amines is 1. The van der Waals surface area contributed by atoms with Crippen LogP contribution in [0.1, 0.15) is 15.9 Å². The summed E-state index contributed by atoms with van der Waals surface area (Å²) in [5.74, 6) is -0.268. The minimum absolute atomic E-state index is 0.216. The summed E-state index contributed by atoms with van der Waals surface area (Å²) in [6.07, 6.45) is 0. The second-order valence-electron chi connectivity index (χ2n) is 4.41. The van der Waals surface area contributed by atoms with E-state index < -0.39 is 5.97 Å². The van der Waals surface area contributed by atoms with Gasteiger partial charge in [-0.15, -0.1) is 0 Å². The topological polar surface area (TPSA) is 66.0 Å². The molecule has 0 spiro atoms. The molecule has 0 aliphatic carbocycles. The minimum atomic E-state index is -0.964. The lowest BCUT2D eigenvalue weighted by Crippen LogP contribution is -1.96. The van der Waals surface area contributed by atoms with Gasteiger partial charge in [0, 0.05) is 5.56 Å². The maximum Gasteiger partial charge on any atom is 0.337 e. The van der Waals surface area contributed by atoms with E-state index in [0.29, 0.717) is 11.3 Å². The number of carboxylic acid groups (broad SMARTS) is 1. The molecule has 2 aromatic carbocycles. The maximum absolute atomic E-state index is 11.2. The molecule has 0 aliphatic heterocycles. The second kappa shape index (κ2) is 4.24. The highest BCUT2D eigenvalue weighted by molar-refractivity contribution is 6.01. The molecule has 3 aromatic rings. The Morgan fingerprint density at radius 3 is 2.68 bits per heavy atom. The zero-order valence-electron chi connectivity index (χ0n) is 10.3. The number of hydrogen-bond acceptors (Lipinski definition) is 2. The molecule has 0 bridgehead atoms. The van der Waals surface area contributed by atoms with Crippen LogP contribution in [0.15, 0.2) is 42.5 Å². The van der Waals surface area contributed by atoms with Crippen molar-refractivity contribution in [2.24, 2.45) is 0 Å². The number of nitrogens with zero attached hydrogens (tertiary/aromatic N) is 1. The van der Waals surface area contributed by atoms with Crippen LogP contribution in [0.4, 0.5) is 0 Å². The van der Waals surface area contributed by atoms with Gasteiger partial charge in [-0.05, 0) is 24.6 Å². The number of aromatic carboxylic acids is 1. The van der Waals surface area contributed by atoms with Crippen molar-refractivity contribution in [3.63, 3.8) is 0 Å². The third-order valence-electron chi connectivity index (χ3n) is 3.14. The van der Waals surface area contributed by atoms with Crippen LogP contribution in [0.3, 0.4) is 0 Å². The number of carbonyl (C=O) groups is 1. The first-order chi connectivity index (χ1) is 9.16. The molecule has 1 heterocycles. The Labute approximate surface area is 109 Å². The third kappa shape index (κ3) is 1.87. The smallest absolute Gasteiger partial charge is 0.337 e. The van der Waals surface area contributed by atoms with Gasteiger partial charge in [0.2, 0.25) is 0 Å². The highest BCUT2D eigenvalue weighted by atomic mass is 16.4. The molecule has 0 unspecified atom stereocenters. The highest BCUT2D eigenvalue weighted by Gasteiger charge is 2.13. The van der Waals surface area contributed by atoms with E-state index >= 15 is 0 Å². The average Bonchev–Trinajstić information content (AvgIpc) is 2.82. The first kappa shape index (κ1) is 11.5. The number of rotatable bonds is 2. The molecule has 19 heavy (non-hydrogen) atoms. The number of nitrogens with one attached hydrogen (secondary N) is 1. The summed E-state index contributed by atoms with van der Waals surface area (Å²) < 4.78 is 0. The van der Waals surface area contributed by atoms with Crippen LogP contribution in [-0.4, -0.2) is 21.0 Å². The predicted molar refractivity (Wildman–Crippen MR) is 73.2 cm³/mol. The summed E-state index contributed by atoms with van der Waals surface area (Å²) in [7, 11) is 0. The van der Waals surface area contributed by atoms with Gasteiger partial charge in [0.25, 0.3) is 0 Å². The Bertz CT molecular complexity index is 775. The number of aromatic nitrogens is 2. The number of fused-ring (bicyclic) bond motifs is 1. The molecule has 4 nitrogen and oxygen atoms in total. The van der Waals surface area contributed by atoms with Gasteiger partial charge in [-0.3, -0.25) is 0 Å². The van der Waals surface area contributed by atoms with Gasteiger partial charge < -0.3 is 10.1 Å². The molecule has 0 amide bonds. The summed E-state index contributed by atoms with van der Waals surface area (Å²) in [5.41, 5.74) is 3.52. The third-order valence-corrected chi connectivity index (χ3v) is 3.14. The minimum Gasteiger partial charge on any atom is -0.478 e. The van der Waals surface area contributed by atoms with Crippen LogP contribution in [0, 0.1) is 6.92 Å². The molecule has 3 rings (SSSR count). The number of imidazole rings is 1. The molecule has 0 saturated carbocycles. The van der Waals surface area contributed by atoms with Crippen molar-refractivity contribution in [1.29, 1.82) is 0 Å². The van der Waals surface area contributed by atoms with Crippen LogP contribution < -0.4 is 0 Å². The van der Waals surface area contributed by atoms with Crippen molar-refractivity contribution in [2.45, 2.75) is 6.92 Å².